The highest BCUT2D eigenvalue weighted by molar-refractivity contribution is 9.18. The SMILES string of the molecule is CNC(C)C(=O)Oc1c(C)ccc(C)c1C(C)(C)CC(=O)Br. The molecule has 5 heteroatoms. The second kappa shape index (κ2) is 7.38. The molecular formula is C17H24BrNO3. The monoisotopic (exact) mass is 369 g/mol. The number of hydrogen-bond donors (Lipinski definition) is 1. The third-order valence-electron chi connectivity index (χ3n) is 3.81. The van der Waals surface area contributed by atoms with E-state index in [1.54, 1.807) is 14.0 Å². The first kappa shape index (κ1) is 18.8. The Bertz CT molecular complexity index is 582. The van der Waals surface area contributed by atoms with Gasteiger partial charge in [-0.2, -0.15) is 0 Å². The normalized spacial score (nSPS) is 12.9. The van der Waals surface area contributed by atoms with Gasteiger partial charge in [-0.25, -0.2) is 4.79 Å². The summed E-state index contributed by atoms with van der Waals surface area (Å²) in [5, 5.41) is 2.87. The van der Waals surface area contributed by atoms with E-state index < -0.39 is 11.5 Å². The second-order valence-corrected chi connectivity index (χ2v) is 7.14. The molecule has 0 radical (unpaired) electrons. The Morgan fingerprint density at radius 1 is 1.27 bits per heavy atom. The largest absolute Gasteiger partial charge is 0.425 e. The molecule has 1 atom stereocenters. The summed E-state index contributed by atoms with van der Waals surface area (Å²) >= 11 is 3.00. The summed E-state index contributed by atoms with van der Waals surface area (Å²) in [5.74, 6) is 0.226. The number of carbonyl (C=O) groups is 2. The molecule has 4 nitrogen and oxygen atoms in total. The molecule has 0 aliphatic heterocycles. The highest BCUT2D eigenvalue weighted by Gasteiger charge is 2.30. The number of halogens is 1. The minimum atomic E-state index is -0.435. The smallest absolute Gasteiger partial charge is 0.328 e. The zero-order chi connectivity index (χ0) is 17.1. The van der Waals surface area contributed by atoms with Crippen molar-refractivity contribution in [1.29, 1.82) is 0 Å². The van der Waals surface area contributed by atoms with Gasteiger partial charge in [0, 0.05) is 17.4 Å². The zero-order valence-electron chi connectivity index (χ0n) is 14.0. The minimum Gasteiger partial charge on any atom is -0.425 e. The molecular weight excluding hydrogens is 346 g/mol. The van der Waals surface area contributed by atoms with Gasteiger partial charge in [-0.3, -0.25) is 4.79 Å². The van der Waals surface area contributed by atoms with Gasteiger partial charge in [-0.05, 0) is 54.9 Å². The number of ether oxygens (including phenoxy) is 1. The number of nitrogens with one attached hydrogen (secondary N) is 1. The van der Waals surface area contributed by atoms with E-state index in [9.17, 15) is 9.59 Å². The van der Waals surface area contributed by atoms with Crippen molar-refractivity contribution in [3.05, 3.63) is 28.8 Å². The summed E-state index contributed by atoms with van der Waals surface area (Å²) in [5.41, 5.74) is 2.35. The number of benzene rings is 1. The molecule has 0 saturated heterocycles. The van der Waals surface area contributed by atoms with Crippen molar-refractivity contribution >= 4 is 26.6 Å². The van der Waals surface area contributed by atoms with Gasteiger partial charge < -0.3 is 10.1 Å². The number of hydrogen-bond acceptors (Lipinski definition) is 4. The molecule has 1 aromatic rings. The molecule has 0 bridgehead atoms. The van der Waals surface area contributed by atoms with Crippen molar-refractivity contribution in [3.63, 3.8) is 0 Å². The van der Waals surface area contributed by atoms with Gasteiger partial charge in [-0.15, -0.1) is 0 Å². The predicted octanol–water partition coefficient (Wildman–Crippen LogP) is 3.41. The quantitative estimate of drug-likeness (QED) is 0.474. The molecule has 1 rings (SSSR count). The van der Waals surface area contributed by atoms with Gasteiger partial charge in [0.15, 0.2) is 4.69 Å². The summed E-state index contributed by atoms with van der Waals surface area (Å²) in [6, 6.07) is 3.52. The lowest BCUT2D eigenvalue weighted by molar-refractivity contribution is -0.136. The Morgan fingerprint density at radius 2 is 1.82 bits per heavy atom. The summed E-state index contributed by atoms with van der Waals surface area (Å²) in [4.78, 5) is 23.7. The van der Waals surface area contributed by atoms with Crippen molar-refractivity contribution in [2.24, 2.45) is 0 Å². The number of esters is 1. The maximum Gasteiger partial charge on any atom is 0.328 e. The van der Waals surface area contributed by atoms with Crippen LogP contribution >= 0.6 is 15.9 Å². The zero-order valence-corrected chi connectivity index (χ0v) is 15.6. The maximum absolute atomic E-state index is 12.1. The van der Waals surface area contributed by atoms with Crippen molar-refractivity contribution in [1.82, 2.24) is 5.32 Å². The topological polar surface area (TPSA) is 55.4 Å². The van der Waals surface area contributed by atoms with E-state index in [1.165, 1.54) is 0 Å². The van der Waals surface area contributed by atoms with E-state index in [0.29, 0.717) is 12.2 Å². The first-order valence-corrected chi connectivity index (χ1v) is 8.07. The highest BCUT2D eigenvalue weighted by atomic mass is 79.9. The van der Waals surface area contributed by atoms with E-state index in [1.807, 2.05) is 39.8 Å². The molecule has 22 heavy (non-hydrogen) atoms. The van der Waals surface area contributed by atoms with Crippen LogP contribution in [0.1, 0.15) is 43.9 Å². The van der Waals surface area contributed by atoms with Crippen LogP contribution in [-0.2, 0) is 15.0 Å². The molecule has 1 aromatic carbocycles. The van der Waals surface area contributed by atoms with Gasteiger partial charge in [0.1, 0.15) is 11.8 Å². The average molecular weight is 370 g/mol. The van der Waals surface area contributed by atoms with Gasteiger partial charge >= 0.3 is 5.97 Å². The van der Waals surface area contributed by atoms with Crippen LogP contribution in [0.25, 0.3) is 0 Å². The van der Waals surface area contributed by atoms with Crippen molar-refractivity contribution in [2.75, 3.05) is 7.05 Å². The van der Waals surface area contributed by atoms with Gasteiger partial charge in [0.05, 0.1) is 0 Å². The average Bonchev–Trinajstić information content (AvgIpc) is 2.40. The molecule has 1 N–H and O–H groups in total. The Morgan fingerprint density at radius 3 is 2.32 bits per heavy atom. The molecule has 0 spiro atoms. The predicted molar refractivity (Wildman–Crippen MR) is 91.6 cm³/mol. The third-order valence-corrected chi connectivity index (χ3v) is 4.09. The van der Waals surface area contributed by atoms with E-state index in [0.717, 1.165) is 16.7 Å². The summed E-state index contributed by atoms with van der Waals surface area (Å²) < 4.78 is 5.58. The van der Waals surface area contributed by atoms with Crippen molar-refractivity contribution < 1.29 is 14.3 Å². The molecule has 0 aromatic heterocycles. The second-order valence-electron chi connectivity index (χ2n) is 6.25. The molecule has 1 unspecified atom stereocenters. The molecule has 0 heterocycles. The van der Waals surface area contributed by atoms with E-state index >= 15 is 0 Å². The Labute approximate surface area is 140 Å². The van der Waals surface area contributed by atoms with Crippen molar-refractivity contribution in [2.45, 2.75) is 52.5 Å². The van der Waals surface area contributed by atoms with E-state index in [-0.39, 0.29) is 10.7 Å². The standard InChI is InChI=1S/C17H24BrNO3/c1-10-7-8-11(2)15(22-16(21)12(3)19-6)14(10)17(4,5)9-13(18)20/h7-8,12,19H,9H2,1-6H3. The van der Waals surface area contributed by atoms with Crippen LogP contribution in [0.5, 0.6) is 5.75 Å². The summed E-state index contributed by atoms with van der Waals surface area (Å²) in [6.45, 7) is 9.58. The van der Waals surface area contributed by atoms with Gasteiger partial charge in [0.2, 0.25) is 0 Å². The first-order chi connectivity index (χ1) is 10.1. The Balaban J connectivity index is 3.35. The molecule has 0 saturated carbocycles. The Hall–Kier alpha value is -1.20. The van der Waals surface area contributed by atoms with Crippen LogP contribution in [0.2, 0.25) is 0 Å². The molecule has 122 valence electrons. The van der Waals surface area contributed by atoms with Crippen LogP contribution < -0.4 is 10.1 Å². The van der Waals surface area contributed by atoms with E-state index in [4.69, 9.17) is 4.74 Å². The number of aryl methyl sites for hydroxylation is 2. The minimum absolute atomic E-state index is 0.0701. The lowest BCUT2D eigenvalue weighted by Gasteiger charge is -2.29. The highest BCUT2D eigenvalue weighted by Crippen LogP contribution is 2.39. The fourth-order valence-electron chi connectivity index (χ4n) is 2.50. The van der Waals surface area contributed by atoms with E-state index in [2.05, 4.69) is 21.2 Å². The van der Waals surface area contributed by atoms with Crippen LogP contribution in [-0.4, -0.2) is 23.8 Å². The lowest BCUT2D eigenvalue weighted by Crippen LogP contribution is -2.35. The third kappa shape index (κ3) is 4.40. The van der Waals surface area contributed by atoms with Gasteiger partial charge in [-0.1, -0.05) is 26.0 Å². The lowest BCUT2D eigenvalue weighted by atomic mass is 9.78. The number of rotatable bonds is 6. The van der Waals surface area contributed by atoms with Gasteiger partial charge in [0.25, 0.3) is 0 Å². The van der Waals surface area contributed by atoms with Crippen LogP contribution in [0.15, 0.2) is 12.1 Å². The molecule has 0 aliphatic rings. The fraction of sp³-hybridized carbons (Fsp3) is 0.529. The van der Waals surface area contributed by atoms with Crippen LogP contribution in [0.4, 0.5) is 0 Å². The summed E-state index contributed by atoms with van der Waals surface area (Å²) in [6.07, 6.45) is 0.323. The maximum atomic E-state index is 12.1. The molecule has 0 amide bonds. The fourth-order valence-corrected chi connectivity index (χ4v) is 3.20. The molecule has 0 fully saturated rings. The van der Waals surface area contributed by atoms with Crippen LogP contribution in [0, 0.1) is 13.8 Å². The van der Waals surface area contributed by atoms with Crippen LogP contribution in [0.3, 0.4) is 0 Å². The summed E-state index contributed by atoms with van der Waals surface area (Å²) in [7, 11) is 1.71. The molecule has 0 aliphatic carbocycles. The number of likely N-dealkylation sites (N-methyl/N-ethyl adjacent to an activating group) is 1. The Kier molecular flexibility index (Phi) is 6.32. The van der Waals surface area contributed by atoms with Crippen molar-refractivity contribution in [3.8, 4) is 5.75 Å². The first-order valence-electron chi connectivity index (χ1n) is 7.28. The number of carbonyl (C=O) groups excluding carboxylic acids is 2.